The van der Waals surface area contributed by atoms with Crippen LogP contribution in [0.25, 0.3) is 10.2 Å². The van der Waals surface area contributed by atoms with E-state index in [1.807, 2.05) is 25.2 Å². The Kier molecular flexibility index (Phi) is 6.69. The van der Waals surface area contributed by atoms with Crippen molar-refractivity contribution in [1.82, 2.24) is 15.6 Å². The summed E-state index contributed by atoms with van der Waals surface area (Å²) in [5.41, 5.74) is 1.06. The number of anilines is 1. The van der Waals surface area contributed by atoms with E-state index in [1.54, 1.807) is 11.3 Å². The van der Waals surface area contributed by atoms with Crippen LogP contribution in [0.2, 0.25) is 0 Å². The molecule has 3 N–H and O–H groups in total. The van der Waals surface area contributed by atoms with E-state index in [1.165, 1.54) is 17.5 Å². The highest BCUT2D eigenvalue weighted by Crippen LogP contribution is 2.27. The van der Waals surface area contributed by atoms with Crippen molar-refractivity contribution in [2.45, 2.75) is 12.8 Å². The van der Waals surface area contributed by atoms with Crippen LogP contribution in [0.1, 0.15) is 12.8 Å². The molecule has 0 radical (unpaired) electrons. The third-order valence-electron chi connectivity index (χ3n) is 3.47. The molecule has 22 heavy (non-hydrogen) atoms. The molecule has 1 fully saturated rings. The molecule has 5 nitrogen and oxygen atoms in total. The van der Waals surface area contributed by atoms with E-state index in [9.17, 15) is 0 Å². The summed E-state index contributed by atoms with van der Waals surface area (Å²) in [6.07, 6.45) is 2.70. The van der Waals surface area contributed by atoms with E-state index in [2.05, 4.69) is 32.0 Å². The first-order valence-electron chi connectivity index (χ1n) is 7.39. The summed E-state index contributed by atoms with van der Waals surface area (Å²) >= 11 is 1.69. The first-order chi connectivity index (χ1) is 10.3. The number of aliphatic imine (C=N–C) groups is 1. The van der Waals surface area contributed by atoms with Gasteiger partial charge in [0.05, 0.1) is 10.2 Å². The third-order valence-corrected chi connectivity index (χ3v) is 4.46. The lowest BCUT2D eigenvalue weighted by molar-refractivity contribution is 0.740. The number of hydrogen-bond acceptors (Lipinski definition) is 4. The summed E-state index contributed by atoms with van der Waals surface area (Å²) in [6, 6.07) is 8.20. The SMILES string of the molecule is CN=C(NCCNc1nc2ccccc2s1)NCC1CC1.I. The normalized spacial score (nSPS) is 14.5. The lowest BCUT2D eigenvalue weighted by atomic mass is 10.3. The van der Waals surface area contributed by atoms with Crippen molar-refractivity contribution in [1.29, 1.82) is 0 Å². The largest absolute Gasteiger partial charge is 0.360 e. The van der Waals surface area contributed by atoms with E-state index < -0.39 is 0 Å². The van der Waals surface area contributed by atoms with Crippen LogP contribution in [-0.4, -0.2) is 37.6 Å². The van der Waals surface area contributed by atoms with Gasteiger partial charge in [-0.1, -0.05) is 23.5 Å². The number of hydrogen-bond donors (Lipinski definition) is 3. The van der Waals surface area contributed by atoms with Crippen LogP contribution in [0, 0.1) is 5.92 Å². The average molecular weight is 431 g/mol. The minimum Gasteiger partial charge on any atom is -0.360 e. The number of guanidine groups is 1. The molecule has 0 bridgehead atoms. The van der Waals surface area contributed by atoms with Crippen molar-refractivity contribution in [3.63, 3.8) is 0 Å². The molecule has 1 aromatic carbocycles. The molecule has 0 unspecified atom stereocenters. The monoisotopic (exact) mass is 431 g/mol. The van der Waals surface area contributed by atoms with Gasteiger partial charge in [-0.2, -0.15) is 0 Å². The fourth-order valence-electron chi connectivity index (χ4n) is 2.08. The van der Waals surface area contributed by atoms with Crippen LogP contribution < -0.4 is 16.0 Å². The van der Waals surface area contributed by atoms with E-state index in [-0.39, 0.29) is 24.0 Å². The molecule has 1 aliphatic carbocycles. The number of rotatable bonds is 6. The van der Waals surface area contributed by atoms with Gasteiger partial charge in [-0.3, -0.25) is 4.99 Å². The number of fused-ring (bicyclic) bond motifs is 1. The molecule has 0 atom stereocenters. The van der Waals surface area contributed by atoms with Crippen LogP contribution in [0.4, 0.5) is 5.13 Å². The highest BCUT2D eigenvalue weighted by molar-refractivity contribution is 14.0. The summed E-state index contributed by atoms with van der Waals surface area (Å²) in [4.78, 5) is 8.77. The highest BCUT2D eigenvalue weighted by Gasteiger charge is 2.20. The summed E-state index contributed by atoms with van der Waals surface area (Å²) < 4.78 is 1.22. The Bertz CT molecular complexity index is 590. The Morgan fingerprint density at radius 1 is 1.27 bits per heavy atom. The zero-order chi connectivity index (χ0) is 14.5. The maximum atomic E-state index is 4.55. The molecule has 0 spiro atoms. The Morgan fingerprint density at radius 2 is 2.09 bits per heavy atom. The molecule has 0 saturated heterocycles. The van der Waals surface area contributed by atoms with Gasteiger partial charge in [-0.15, -0.1) is 24.0 Å². The molecule has 1 saturated carbocycles. The van der Waals surface area contributed by atoms with E-state index >= 15 is 0 Å². The Hall–Kier alpha value is -1.09. The molecule has 0 aliphatic heterocycles. The first-order valence-corrected chi connectivity index (χ1v) is 8.21. The van der Waals surface area contributed by atoms with Gasteiger partial charge in [0.25, 0.3) is 0 Å². The lowest BCUT2D eigenvalue weighted by Crippen LogP contribution is -2.40. The van der Waals surface area contributed by atoms with Gasteiger partial charge in [0.15, 0.2) is 11.1 Å². The van der Waals surface area contributed by atoms with Crippen molar-refractivity contribution in [3.8, 4) is 0 Å². The molecular formula is C15H22IN5S. The fraction of sp³-hybridized carbons (Fsp3) is 0.467. The Labute approximate surface area is 152 Å². The molecule has 120 valence electrons. The molecule has 2 aromatic rings. The van der Waals surface area contributed by atoms with Gasteiger partial charge in [-0.05, 0) is 30.9 Å². The van der Waals surface area contributed by atoms with Gasteiger partial charge < -0.3 is 16.0 Å². The molecular weight excluding hydrogens is 409 g/mol. The number of halogens is 1. The summed E-state index contributed by atoms with van der Waals surface area (Å²) in [7, 11) is 1.81. The van der Waals surface area contributed by atoms with Crippen LogP contribution in [0.5, 0.6) is 0 Å². The number of thiazole rings is 1. The number of nitrogens with one attached hydrogen (secondary N) is 3. The van der Waals surface area contributed by atoms with E-state index in [0.717, 1.165) is 42.2 Å². The zero-order valence-electron chi connectivity index (χ0n) is 12.6. The standard InChI is InChI=1S/C15H21N5S.HI/c1-16-14(19-10-11-6-7-11)17-8-9-18-15-20-12-4-2-3-5-13(12)21-15;/h2-5,11H,6-10H2,1H3,(H,18,20)(H2,16,17,19);1H. The zero-order valence-corrected chi connectivity index (χ0v) is 15.8. The number of para-hydroxylation sites is 1. The number of nitrogens with zero attached hydrogens (tertiary/aromatic N) is 2. The number of aromatic nitrogens is 1. The molecule has 1 aliphatic rings. The van der Waals surface area contributed by atoms with Crippen molar-refractivity contribution >= 4 is 56.6 Å². The predicted molar refractivity (Wildman–Crippen MR) is 106 cm³/mol. The topological polar surface area (TPSA) is 61.3 Å². The van der Waals surface area contributed by atoms with Gasteiger partial charge in [0, 0.05) is 26.7 Å². The van der Waals surface area contributed by atoms with Crippen LogP contribution in [0.3, 0.4) is 0 Å². The minimum absolute atomic E-state index is 0. The van der Waals surface area contributed by atoms with Crippen molar-refractivity contribution in [2.75, 3.05) is 32.0 Å². The van der Waals surface area contributed by atoms with Gasteiger partial charge in [0.2, 0.25) is 0 Å². The molecule has 3 rings (SSSR count). The quantitative estimate of drug-likeness (QED) is 0.285. The average Bonchev–Trinajstić information content (AvgIpc) is 3.24. The molecule has 1 heterocycles. The van der Waals surface area contributed by atoms with Gasteiger partial charge >= 0.3 is 0 Å². The van der Waals surface area contributed by atoms with Crippen LogP contribution in [-0.2, 0) is 0 Å². The highest BCUT2D eigenvalue weighted by atomic mass is 127. The maximum absolute atomic E-state index is 4.55. The third kappa shape index (κ3) is 4.98. The molecule has 1 aromatic heterocycles. The van der Waals surface area contributed by atoms with Crippen LogP contribution >= 0.6 is 35.3 Å². The minimum atomic E-state index is 0. The lowest BCUT2D eigenvalue weighted by Gasteiger charge is -2.11. The smallest absolute Gasteiger partial charge is 0.191 e. The van der Waals surface area contributed by atoms with Gasteiger partial charge in [0.1, 0.15) is 0 Å². The Morgan fingerprint density at radius 3 is 2.82 bits per heavy atom. The van der Waals surface area contributed by atoms with E-state index in [0.29, 0.717) is 0 Å². The first kappa shape index (κ1) is 17.3. The molecule has 7 heteroatoms. The second kappa shape index (κ2) is 8.52. The predicted octanol–water partition coefficient (Wildman–Crippen LogP) is 2.90. The Balaban J connectivity index is 0.00000176. The summed E-state index contributed by atoms with van der Waals surface area (Å²) in [5, 5.41) is 11.0. The van der Waals surface area contributed by atoms with Crippen molar-refractivity contribution in [2.24, 2.45) is 10.9 Å². The number of benzene rings is 1. The summed E-state index contributed by atoms with van der Waals surface area (Å²) in [5.74, 6) is 1.73. The molecule has 0 amide bonds. The van der Waals surface area contributed by atoms with Crippen molar-refractivity contribution < 1.29 is 0 Å². The summed E-state index contributed by atoms with van der Waals surface area (Å²) in [6.45, 7) is 2.68. The van der Waals surface area contributed by atoms with Crippen molar-refractivity contribution in [3.05, 3.63) is 24.3 Å². The maximum Gasteiger partial charge on any atom is 0.191 e. The van der Waals surface area contributed by atoms with Gasteiger partial charge in [-0.25, -0.2) is 4.98 Å². The fourth-order valence-corrected chi connectivity index (χ4v) is 2.97. The second-order valence-electron chi connectivity index (χ2n) is 5.24. The second-order valence-corrected chi connectivity index (χ2v) is 6.27. The van der Waals surface area contributed by atoms with E-state index in [4.69, 9.17) is 0 Å². The van der Waals surface area contributed by atoms with Crippen LogP contribution in [0.15, 0.2) is 29.3 Å².